The molecule has 0 aliphatic carbocycles. The van der Waals surface area contributed by atoms with Crippen molar-refractivity contribution >= 4 is 23.4 Å². The van der Waals surface area contributed by atoms with E-state index in [0.29, 0.717) is 16.9 Å². The molecule has 3 heterocycles. The summed E-state index contributed by atoms with van der Waals surface area (Å²) in [4.78, 5) is 17.0. The van der Waals surface area contributed by atoms with Gasteiger partial charge in [-0.3, -0.25) is 19.0 Å². The largest absolute Gasteiger partial charge is 0.322 e. The zero-order valence-electron chi connectivity index (χ0n) is 19.4. The Hall–Kier alpha value is -3.46. The molecule has 1 aromatic carbocycles. The minimum atomic E-state index is -0.117. The van der Waals surface area contributed by atoms with E-state index in [4.69, 9.17) is 0 Å². The maximum absolute atomic E-state index is 12.8. The molecule has 0 bridgehead atoms. The van der Waals surface area contributed by atoms with E-state index in [9.17, 15) is 4.79 Å². The van der Waals surface area contributed by atoms with Gasteiger partial charge >= 0.3 is 0 Å². The van der Waals surface area contributed by atoms with E-state index < -0.39 is 0 Å². The minimum Gasteiger partial charge on any atom is -0.322 e. The topological polar surface area (TPSA) is 90.5 Å². The maximum atomic E-state index is 12.8. The van der Waals surface area contributed by atoms with Crippen LogP contribution in [0, 0.1) is 13.8 Å². The molecule has 0 radical (unpaired) electrons. The third-order valence-electron chi connectivity index (χ3n) is 5.46. The first-order valence-corrected chi connectivity index (χ1v) is 11.7. The highest BCUT2D eigenvalue weighted by atomic mass is 32.2. The molecular weight excluding hydrogens is 434 g/mol. The molecule has 0 unspecified atom stereocenters. The van der Waals surface area contributed by atoms with E-state index in [1.807, 2.05) is 49.7 Å². The van der Waals surface area contributed by atoms with Crippen molar-refractivity contribution in [3.63, 3.8) is 0 Å². The van der Waals surface area contributed by atoms with Gasteiger partial charge in [0.2, 0.25) is 5.91 Å². The molecule has 8 nitrogen and oxygen atoms in total. The predicted molar refractivity (Wildman–Crippen MR) is 131 cm³/mol. The van der Waals surface area contributed by atoms with Crippen molar-refractivity contribution in [2.24, 2.45) is 7.05 Å². The number of nitrogens with zero attached hydrogens (tertiary/aromatic N) is 6. The van der Waals surface area contributed by atoms with Crippen molar-refractivity contribution in [2.75, 3.05) is 11.1 Å². The molecule has 0 fully saturated rings. The van der Waals surface area contributed by atoms with Crippen LogP contribution in [0.4, 0.5) is 5.69 Å². The number of nitrogens with one attached hydrogen (secondary N) is 1. The van der Waals surface area contributed by atoms with Crippen molar-refractivity contribution in [1.29, 1.82) is 0 Å². The SMILES string of the molecule is Cc1nn(C)c(C)c1NC(=O)CSc1nnc(-c2cccnc2)n1-c1ccccc1C(C)C. The van der Waals surface area contributed by atoms with E-state index in [1.54, 1.807) is 17.1 Å². The molecule has 3 aromatic heterocycles. The van der Waals surface area contributed by atoms with Gasteiger partial charge < -0.3 is 5.32 Å². The van der Waals surface area contributed by atoms with Gasteiger partial charge in [-0.1, -0.05) is 43.8 Å². The van der Waals surface area contributed by atoms with Gasteiger partial charge in [-0.2, -0.15) is 5.10 Å². The van der Waals surface area contributed by atoms with E-state index >= 15 is 0 Å². The number of hydrogen-bond donors (Lipinski definition) is 1. The van der Waals surface area contributed by atoms with Gasteiger partial charge in [0.05, 0.1) is 28.5 Å². The molecule has 0 aliphatic rings. The van der Waals surface area contributed by atoms with Crippen LogP contribution in [0.1, 0.15) is 36.7 Å². The number of thioether (sulfide) groups is 1. The number of benzene rings is 1. The van der Waals surface area contributed by atoms with E-state index in [1.165, 1.54) is 17.3 Å². The van der Waals surface area contributed by atoms with Crippen molar-refractivity contribution in [2.45, 2.75) is 38.8 Å². The lowest BCUT2D eigenvalue weighted by atomic mass is 10.0. The molecule has 1 amide bonds. The second-order valence-electron chi connectivity index (χ2n) is 8.10. The Morgan fingerprint density at radius 1 is 1.12 bits per heavy atom. The fourth-order valence-corrected chi connectivity index (χ4v) is 4.45. The van der Waals surface area contributed by atoms with Crippen LogP contribution >= 0.6 is 11.8 Å². The molecule has 0 atom stereocenters. The number of rotatable bonds is 7. The lowest BCUT2D eigenvalue weighted by Gasteiger charge is -2.16. The first-order chi connectivity index (χ1) is 15.9. The number of carbonyl (C=O) groups is 1. The minimum absolute atomic E-state index is 0.117. The average Bonchev–Trinajstić information content (AvgIpc) is 3.34. The zero-order valence-corrected chi connectivity index (χ0v) is 20.2. The number of aromatic nitrogens is 6. The molecule has 0 spiro atoms. The van der Waals surface area contributed by atoms with Crippen LogP contribution in [0.3, 0.4) is 0 Å². The number of amides is 1. The van der Waals surface area contributed by atoms with E-state index in [2.05, 4.69) is 51.6 Å². The predicted octanol–water partition coefficient (Wildman–Crippen LogP) is 4.53. The average molecular weight is 462 g/mol. The van der Waals surface area contributed by atoms with Crippen LogP contribution in [0.25, 0.3) is 17.1 Å². The third-order valence-corrected chi connectivity index (χ3v) is 6.39. The number of anilines is 1. The summed E-state index contributed by atoms with van der Waals surface area (Å²) in [5, 5.41) is 16.9. The van der Waals surface area contributed by atoms with Crippen LogP contribution in [0.5, 0.6) is 0 Å². The van der Waals surface area contributed by atoms with Crippen molar-refractivity contribution in [1.82, 2.24) is 29.5 Å². The molecule has 0 aliphatic heterocycles. The van der Waals surface area contributed by atoms with Gasteiger partial charge in [0.15, 0.2) is 11.0 Å². The van der Waals surface area contributed by atoms with Crippen LogP contribution in [0.15, 0.2) is 53.9 Å². The third kappa shape index (κ3) is 4.68. The van der Waals surface area contributed by atoms with Crippen LogP contribution < -0.4 is 5.32 Å². The van der Waals surface area contributed by atoms with Gasteiger partial charge in [-0.15, -0.1) is 10.2 Å². The Kier molecular flexibility index (Phi) is 6.60. The van der Waals surface area contributed by atoms with Crippen LogP contribution in [-0.2, 0) is 11.8 Å². The number of pyridine rings is 1. The Balaban J connectivity index is 1.66. The standard InChI is InChI=1S/C24H27N7OS/c1-15(2)19-10-6-7-11-20(19)31-23(18-9-8-12-25-13-18)27-28-24(31)33-14-21(32)26-22-16(3)29-30(5)17(22)4/h6-13,15H,14H2,1-5H3,(H,26,32). The highest BCUT2D eigenvalue weighted by molar-refractivity contribution is 7.99. The van der Waals surface area contributed by atoms with Gasteiger partial charge in [0.25, 0.3) is 0 Å². The fraction of sp³-hybridized carbons (Fsp3) is 0.292. The summed E-state index contributed by atoms with van der Waals surface area (Å²) >= 11 is 1.35. The molecule has 33 heavy (non-hydrogen) atoms. The Morgan fingerprint density at radius 3 is 2.58 bits per heavy atom. The summed E-state index contributed by atoms with van der Waals surface area (Å²) in [5.74, 6) is 1.08. The molecule has 0 saturated carbocycles. The summed E-state index contributed by atoms with van der Waals surface area (Å²) in [6.45, 7) is 8.13. The number of aryl methyl sites for hydroxylation is 2. The monoisotopic (exact) mass is 461 g/mol. The second kappa shape index (κ2) is 9.58. The molecular formula is C24H27N7OS. The number of carbonyl (C=O) groups excluding carboxylic acids is 1. The van der Waals surface area contributed by atoms with Crippen LogP contribution in [-0.4, -0.2) is 41.2 Å². The van der Waals surface area contributed by atoms with Gasteiger partial charge in [0.1, 0.15) is 0 Å². The molecule has 0 saturated heterocycles. The van der Waals surface area contributed by atoms with Crippen molar-refractivity contribution in [3.05, 3.63) is 65.7 Å². The first kappa shape index (κ1) is 22.7. The molecule has 4 aromatic rings. The second-order valence-corrected chi connectivity index (χ2v) is 9.05. The summed E-state index contributed by atoms with van der Waals surface area (Å²) < 4.78 is 3.78. The lowest BCUT2D eigenvalue weighted by Crippen LogP contribution is -2.16. The zero-order chi connectivity index (χ0) is 23.5. The Morgan fingerprint density at radius 2 is 1.91 bits per heavy atom. The summed E-state index contributed by atoms with van der Waals surface area (Å²) in [6, 6.07) is 12.0. The number of para-hydroxylation sites is 1. The first-order valence-electron chi connectivity index (χ1n) is 10.7. The highest BCUT2D eigenvalue weighted by Crippen LogP contribution is 2.32. The summed E-state index contributed by atoms with van der Waals surface area (Å²) in [6.07, 6.45) is 3.50. The Labute approximate surface area is 197 Å². The molecule has 1 N–H and O–H groups in total. The normalized spacial score (nSPS) is 11.2. The van der Waals surface area contributed by atoms with Crippen LogP contribution in [0.2, 0.25) is 0 Å². The molecule has 9 heteroatoms. The molecule has 4 rings (SSSR count). The van der Waals surface area contributed by atoms with E-state index in [0.717, 1.165) is 28.3 Å². The van der Waals surface area contributed by atoms with E-state index in [-0.39, 0.29) is 11.7 Å². The number of hydrogen-bond acceptors (Lipinski definition) is 6. The molecule has 170 valence electrons. The smallest absolute Gasteiger partial charge is 0.234 e. The van der Waals surface area contributed by atoms with Gasteiger partial charge in [-0.05, 0) is 43.5 Å². The fourth-order valence-electron chi connectivity index (χ4n) is 3.70. The van der Waals surface area contributed by atoms with Crippen molar-refractivity contribution < 1.29 is 4.79 Å². The quantitative estimate of drug-likeness (QED) is 0.407. The van der Waals surface area contributed by atoms with Gasteiger partial charge in [-0.25, -0.2) is 0 Å². The highest BCUT2D eigenvalue weighted by Gasteiger charge is 2.21. The van der Waals surface area contributed by atoms with Crippen molar-refractivity contribution in [3.8, 4) is 17.1 Å². The summed E-state index contributed by atoms with van der Waals surface area (Å²) in [5.41, 5.74) is 5.50. The van der Waals surface area contributed by atoms with Gasteiger partial charge in [0, 0.05) is 25.0 Å². The lowest BCUT2D eigenvalue weighted by molar-refractivity contribution is -0.113. The maximum Gasteiger partial charge on any atom is 0.234 e. The Bertz CT molecular complexity index is 1280. The summed E-state index contributed by atoms with van der Waals surface area (Å²) in [7, 11) is 1.86.